The van der Waals surface area contributed by atoms with Gasteiger partial charge in [0.15, 0.2) is 0 Å². The summed E-state index contributed by atoms with van der Waals surface area (Å²) < 4.78 is 37.8. The maximum atomic E-state index is 13.1. The Balaban J connectivity index is 0.00000171. The van der Waals surface area contributed by atoms with Gasteiger partial charge in [0.25, 0.3) is 0 Å². The third-order valence-corrected chi connectivity index (χ3v) is 6.13. The van der Waals surface area contributed by atoms with E-state index >= 15 is 0 Å². The van der Waals surface area contributed by atoms with Crippen molar-refractivity contribution in [3.05, 3.63) is 23.3 Å². The number of aryl methyl sites for hydroxylation is 2. The maximum Gasteiger partial charge on any atom is 0.329 e. The summed E-state index contributed by atoms with van der Waals surface area (Å²) in [5.74, 6) is -0.454. The lowest BCUT2D eigenvalue weighted by Crippen LogP contribution is -2.37. The largest absolute Gasteiger partial charge is 0.497 e. The Bertz CT molecular complexity index is 694. The Hall–Kier alpha value is -1.29. The van der Waals surface area contributed by atoms with Crippen molar-refractivity contribution >= 4 is 28.6 Å². The molecule has 1 aliphatic carbocycles. The molecule has 0 aliphatic heterocycles. The first-order valence-electron chi connectivity index (χ1n) is 9.18. The van der Waals surface area contributed by atoms with Crippen LogP contribution in [0.3, 0.4) is 0 Å². The van der Waals surface area contributed by atoms with Crippen molar-refractivity contribution in [2.24, 2.45) is 0 Å². The monoisotopic (exact) mass is 435 g/mol. The number of methoxy groups -OCH3 is 1. The minimum atomic E-state index is -3.67. The summed E-state index contributed by atoms with van der Waals surface area (Å²) in [6.45, 7) is 7.25. The summed E-state index contributed by atoms with van der Waals surface area (Å²) in [5, 5.41) is 8.59. The molecule has 0 atom stereocenters. The van der Waals surface area contributed by atoms with E-state index in [4.69, 9.17) is 14.6 Å². The summed E-state index contributed by atoms with van der Waals surface area (Å²) >= 11 is 3.53. The number of thiol groups is 1. The SMILES string of the molecule is CC.COc1cc(C)c(S(=O)(=O)N(CCOCC(=O)O)C2CC2)c(C)c1.CS. The quantitative estimate of drug-likeness (QED) is 0.457. The summed E-state index contributed by atoms with van der Waals surface area (Å²) in [6, 6.07) is 3.36. The summed E-state index contributed by atoms with van der Waals surface area (Å²) in [4.78, 5) is 10.8. The van der Waals surface area contributed by atoms with Crippen LogP contribution in [0.15, 0.2) is 17.0 Å². The maximum absolute atomic E-state index is 13.1. The number of sulfonamides is 1. The summed E-state index contributed by atoms with van der Waals surface area (Å²) in [5.41, 5.74) is 1.26. The molecule has 0 aromatic heterocycles. The van der Waals surface area contributed by atoms with Gasteiger partial charge in [-0.05, 0) is 56.2 Å². The van der Waals surface area contributed by atoms with Gasteiger partial charge < -0.3 is 14.6 Å². The Morgan fingerprint density at radius 2 is 1.71 bits per heavy atom. The topological polar surface area (TPSA) is 93.1 Å². The van der Waals surface area contributed by atoms with Crippen LogP contribution in [-0.4, -0.2) is 63.0 Å². The first-order chi connectivity index (χ1) is 13.3. The number of benzene rings is 1. The molecule has 9 heteroatoms. The number of carbonyl (C=O) groups is 1. The van der Waals surface area contributed by atoms with E-state index in [1.165, 1.54) is 4.31 Å². The highest BCUT2D eigenvalue weighted by atomic mass is 32.2. The van der Waals surface area contributed by atoms with E-state index < -0.39 is 22.6 Å². The van der Waals surface area contributed by atoms with Gasteiger partial charge in [-0.15, -0.1) is 0 Å². The predicted molar refractivity (Wildman–Crippen MR) is 114 cm³/mol. The molecule has 0 unspecified atom stereocenters. The van der Waals surface area contributed by atoms with Gasteiger partial charge >= 0.3 is 5.97 Å². The molecule has 0 bridgehead atoms. The Labute approximate surface area is 174 Å². The third-order valence-electron chi connectivity index (χ3n) is 3.87. The van der Waals surface area contributed by atoms with Gasteiger partial charge in [0.05, 0.1) is 18.6 Å². The molecule has 0 spiro atoms. The van der Waals surface area contributed by atoms with Crippen molar-refractivity contribution in [1.82, 2.24) is 4.31 Å². The van der Waals surface area contributed by atoms with E-state index in [1.54, 1.807) is 39.3 Å². The van der Waals surface area contributed by atoms with E-state index in [9.17, 15) is 13.2 Å². The molecule has 1 aromatic rings. The second-order valence-electron chi connectivity index (χ2n) is 5.88. The highest BCUT2D eigenvalue weighted by molar-refractivity contribution is 7.89. The van der Waals surface area contributed by atoms with Crippen LogP contribution in [0.4, 0.5) is 0 Å². The summed E-state index contributed by atoms with van der Waals surface area (Å²) in [6.07, 6.45) is 3.32. The minimum Gasteiger partial charge on any atom is -0.497 e. The lowest BCUT2D eigenvalue weighted by Gasteiger charge is -2.24. The standard InChI is InChI=1S/C16H23NO6S.C2H6.CH4S/c1-11-8-14(22-3)9-12(2)16(11)24(20,21)17(13-4-5-13)6-7-23-10-15(18)19;2*1-2/h8-9,13H,4-7,10H2,1-3H3,(H,18,19);1-2H3;2H,1H3. The average molecular weight is 436 g/mol. The lowest BCUT2D eigenvalue weighted by molar-refractivity contribution is -0.142. The molecular weight excluding hydrogens is 402 g/mol. The predicted octanol–water partition coefficient (Wildman–Crippen LogP) is 3.14. The molecule has 0 radical (unpaired) electrons. The molecule has 0 amide bonds. The zero-order chi connectivity index (χ0) is 21.9. The van der Waals surface area contributed by atoms with Crippen LogP contribution in [0.5, 0.6) is 5.75 Å². The van der Waals surface area contributed by atoms with Crippen molar-refractivity contribution in [2.45, 2.75) is 51.5 Å². The van der Waals surface area contributed by atoms with Crippen molar-refractivity contribution in [1.29, 1.82) is 0 Å². The van der Waals surface area contributed by atoms with Gasteiger partial charge in [0, 0.05) is 12.6 Å². The second kappa shape index (κ2) is 13.0. The Morgan fingerprint density at radius 1 is 1.21 bits per heavy atom. The first kappa shape index (κ1) is 26.7. The molecule has 0 heterocycles. The van der Waals surface area contributed by atoms with E-state index in [1.807, 2.05) is 13.8 Å². The normalized spacial score (nSPS) is 13.1. The Morgan fingerprint density at radius 3 is 2.11 bits per heavy atom. The van der Waals surface area contributed by atoms with Gasteiger partial charge in [0.1, 0.15) is 12.4 Å². The van der Waals surface area contributed by atoms with Crippen LogP contribution >= 0.6 is 12.6 Å². The molecule has 1 aromatic carbocycles. The molecular formula is C19H33NO6S2. The molecule has 2 rings (SSSR count). The first-order valence-corrected chi connectivity index (χ1v) is 11.5. The number of rotatable bonds is 9. The number of aliphatic carboxylic acids is 1. The number of ether oxygens (including phenoxy) is 2. The summed E-state index contributed by atoms with van der Waals surface area (Å²) in [7, 11) is -2.13. The number of nitrogens with zero attached hydrogens (tertiary/aromatic N) is 1. The number of hydrogen-bond donors (Lipinski definition) is 2. The van der Waals surface area contributed by atoms with E-state index in [2.05, 4.69) is 12.6 Å². The van der Waals surface area contributed by atoms with Gasteiger partial charge in [-0.25, -0.2) is 13.2 Å². The van der Waals surface area contributed by atoms with Crippen molar-refractivity contribution in [3.8, 4) is 5.75 Å². The molecule has 1 aliphatic rings. The second-order valence-corrected chi connectivity index (χ2v) is 7.71. The minimum absolute atomic E-state index is 0.0377. The Kier molecular flexibility index (Phi) is 12.4. The van der Waals surface area contributed by atoms with Crippen LogP contribution in [0, 0.1) is 13.8 Å². The highest BCUT2D eigenvalue weighted by Gasteiger charge is 2.39. The number of hydrogen-bond acceptors (Lipinski definition) is 6. The van der Waals surface area contributed by atoms with Gasteiger partial charge in [-0.2, -0.15) is 16.9 Å². The van der Waals surface area contributed by atoms with Gasteiger partial charge in [-0.3, -0.25) is 0 Å². The van der Waals surface area contributed by atoms with Crippen molar-refractivity contribution < 1.29 is 27.8 Å². The molecule has 1 N–H and O–H groups in total. The fourth-order valence-electron chi connectivity index (χ4n) is 2.73. The van der Waals surface area contributed by atoms with E-state index in [0.717, 1.165) is 12.8 Å². The molecule has 28 heavy (non-hydrogen) atoms. The fourth-order valence-corrected chi connectivity index (χ4v) is 4.81. The van der Waals surface area contributed by atoms with E-state index in [0.29, 0.717) is 16.9 Å². The molecule has 0 saturated heterocycles. The van der Waals surface area contributed by atoms with Crippen molar-refractivity contribution in [3.63, 3.8) is 0 Å². The zero-order valence-electron chi connectivity index (χ0n) is 17.6. The number of carboxylic acid groups (broad SMARTS) is 1. The molecule has 162 valence electrons. The highest BCUT2D eigenvalue weighted by Crippen LogP contribution is 2.35. The average Bonchev–Trinajstić information content (AvgIpc) is 3.48. The number of carboxylic acids is 1. The van der Waals surface area contributed by atoms with Crippen LogP contribution in [0.25, 0.3) is 0 Å². The third kappa shape index (κ3) is 7.62. The van der Waals surface area contributed by atoms with Gasteiger partial charge in [-0.1, -0.05) is 13.8 Å². The lowest BCUT2D eigenvalue weighted by atomic mass is 10.1. The molecule has 1 fully saturated rings. The van der Waals surface area contributed by atoms with E-state index in [-0.39, 0.29) is 24.1 Å². The van der Waals surface area contributed by atoms with Crippen LogP contribution in [0.2, 0.25) is 0 Å². The smallest absolute Gasteiger partial charge is 0.329 e. The molecule has 1 saturated carbocycles. The van der Waals surface area contributed by atoms with Crippen molar-refractivity contribution in [2.75, 3.05) is 33.1 Å². The molecule has 7 nitrogen and oxygen atoms in total. The van der Waals surface area contributed by atoms with Crippen LogP contribution < -0.4 is 4.74 Å². The van der Waals surface area contributed by atoms with Gasteiger partial charge in [0.2, 0.25) is 10.0 Å². The van der Waals surface area contributed by atoms with Crippen LogP contribution in [0.1, 0.15) is 37.8 Å². The zero-order valence-corrected chi connectivity index (χ0v) is 19.3. The van der Waals surface area contributed by atoms with Crippen LogP contribution in [-0.2, 0) is 19.6 Å². The fraction of sp³-hybridized carbons (Fsp3) is 0.632.